The number of rotatable bonds is 3. The molecule has 0 spiro atoms. The van der Waals surface area contributed by atoms with Crippen LogP contribution in [-0.2, 0) is 13.9 Å². The number of hydrogen-bond acceptors (Lipinski definition) is 4. The van der Waals surface area contributed by atoms with Crippen LogP contribution in [0.1, 0.15) is 0 Å². The van der Waals surface area contributed by atoms with Gasteiger partial charge in [0.15, 0.2) is 5.96 Å². The number of nitrogens with zero attached hydrogens (tertiary/aromatic N) is 1. The molecule has 0 unspecified atom stereocenters. The van der Waals surface area contributed by atoms with Crippen LogP contribution in [0.2, 0.25) is 0 Å². The summed E-state index contributed by atoms with van der Waals surface area (Å²) < 4.78 is 13.8. The molecule has 7 N–H and O–H groups in total. The SMILES string of the molecule is CN(CC(=O)OP(=O)(O)O)C(=N)N.O. The highest BCUT2D eigenvalue weighted by Gasteiger charge is 2.21. The highest BCUT2D eigenvalue weighted by Crippen LogP contribution is 2.35. The molecule has 0 aromatic heterocycles. The molecule has 0 aromatic rings. The first-order chi connectivity index (χ1) is 5.72. The molecule has 0 amide bonds. The molecule has 0 rings (SSSR count). The van der Waals surface area contributed by atoms with Crippen LogP contribution in [0.3, 0.4) is 0 Å². The van der Waals surface area contributed by atoms with Crippen LogP contribution in [0, 0.1) is 5.41 Å². The Morgan fingerprint density at radius 2 is 2.07 bits per heavy atom. The van der Waals surface area contributed by atoms with Crippen LogP contribution >= 0.6 is 7.82 Å². The summed E-state index contributed by atoms with van der Waals surface area (Å²) in [5, 5.41) is 6.83. The van der Waals surface area contributed by atoms with Crippen LogP contribution in [0.25, 0.3) is 0 Å². The summed E-state index contributed by atoms with van der Waals surface area (Å²) in [6.45, 7) is -0.486. The molecule has 84 valence electrons. The van der Waals surface area contributed by atoms with Gasteiger partial charge in [0.2, 0.25) is 0 Å². The van der Waals surface area contributed by atoms with Crippen molar-refractivity contribution in [2.24, 2.45) is 5.73 Å². The maximum Gasteiger partial charge on any atom is 0.527 e. The first kappa shape index (κ1) is 15.3. The molecule has 0 atom stereocenters. The fourth-order valence-corrected chi connectivity index (χ4v) is 0.763. The van der Waals surface area contributed by atoms with Crippen molar-refractivity contribution < 1.29 is 29.1 Å². The Bertz CT molecular complexity index is 262. The monoisotopic (exact) mass is 229 g/mol. The number of phosphoric ester groups is 1. The third-order valence-corrected chi connectivity index (χ3v) is 1.44. The second-order valence-electron chi connectivity index (χ2n) is 2.20. The van der Waals surface area contributed by atoms with Crippen LogP contribution in [0.4, 0.5) is 0 Å². The molecule has 0 aliphatic heterocycles. The Morgan fingerprint density at radius 1 is 1.64 bits per heavy atom. The molecule has 0 fully saturated rings. The second kappa shape index (κ2) is 5.55. The van der Waals surface area contributed by atoms with Gasteiger partial charge in [-0.05, 0) is 0 Å². The molecule has 0 saturated carbocycles. The van der Waals surface area contributed by atoms with Crippen molar-refractivity contribution in [1.29, 1.82) is 5.41 Å². The van der Waals surface area contributed by atoms with E-state index in [1.807, 2.05) is 0 Å². The van der Waals surface area contributed by atoms with E-state index in [1.54, 1.807) is 0 Å². The van der Waals surface area contributed by atoms with Gasteiger partial charge in [0.25, 0.3) is 0 Å². The third-order valence-electron chi connectivity index (χ3n) is 0.998. The Labute approximate surface area is 79.5 Å². The third kappa shape index (κ3) is 7.50. The summed E-state index contributed by atoms with van der Waals surface area (Å²) in [7, 11) is -3.49. The molecular formula is C4H12N3O6P. The molecule has 0 radical (unpaired) electrons. The first-order valence-electron chi connectivity index (χ1n) is 3.05. The van der Waals surface area contributed by atoms with Gasteiger partial charge in [-0.15, -0.1) is 0 Å². The van der Waals surface area contributed by atoms with Crippen molar-refractivity contribution >= 4 is 19.8 Å². The van der Waals surface area contributed by atoms with E-state index in [-0.39, 0.29) is 5.48 Å². The number of nitrogens with one attached hydrogen (secondary N) is 1. The molecule has 0 saturated heterocycles. The average Bonchev–Trinajstić information content (AvgIpc) is 1.81. The highest BCUT2D eigenvalue weighted by molar-refractivity contribution is 7.46. The zero-order valence-electron chi connectivity index (χ0n) is 7.30. The Morgan fingerprint density at radius 3 is 2.36 bits per heavy atom. The summed E-state index contributed by atoms with van der Waals surface area (Å²) >= 11 is 0. The predicted molar refractivity (Wildman–Crippen MR) is 46.3 cm³/mol. The van der Waals surface area contributed by atoms with Gasteiger partial charge in [0.1, 0.15) is 6.54 Å². The molecule has 10 heteroatoms. The molecule has 9 nitrogen and oxygen atoms in total. The van der Waals surface area contributed by atoms with Crippen molar-refractivity contribution in [1.82, 2.24) is 4.90 Å². The van der Waals surface area contributed by atoms with E-state index in [4.69, 9.17) is 20.9 Å². The minimum atomic E-state index is -4.80. The average molecular weight is 229 g/mol. The van der Waals surface area contributed by atoms with Gasteiger partial charge in [-0.1, -0.05) is 0 Å². The Hall–Kier alpha value is -1.15. The molecule has 0 aliphatic carbocycles. The highest BCUT2D eigenvalue weighted by atomic mass is 31.2. The lowest BCUT2D eigenvalue weighted by atomic mass is 10.6. The van der Waals surface area contributed by atoms with Crippen LogP contribution in [-0.4, -0.2) is 45.7 Å². The van der Waals surface area contributed by atoms with Crippen LogP contribution in [0.5, 0.6) is 0 Å². The first-order valence-corrected chi connectivity index (χ1v) is 4.58. The standard InChI is InChI=1S/C4H10N3O5P.H2O/c1-7(4(5)6)2-3(8)12-13(9,10)11;/h2H2,1H3,(H3,5,6)(H2,9,10,11);1H2. The van der Waals surface area contributed by atoms with Crippen LogP contribution in [0.15, 0.2) is 0 Å². The lowest BCUT2D eigenvalue weighted by Gasteiger charge is -2.15. The maximum absolute atomic E-state index is 10.7. The van der Waals surface area contributed by atoms with E-state index in [0.717, 1.165) is 4.90 Å². The van der Waals surface area contributed by atoms with Crippen molar-refractivity contribution in [2.45, 2.75) is 0 Å². The lowest BCUT2D eigenvalue weighted by molar-refractivity contribution is -0.135. The van der Waals surface area contributed by atoms with Gasteiger partial charge in [-0.3, -0.25) is 15.2 Å². The van der Waals surface area contributed by atoms with Gasteiger partial charge in [-0.2, -0.15) is 0 Å². The van der Waals surface area contributed by atoms with Gasteiger partial charge >= 0.3 is 13.8 Å². The zero-order valence-corrected chi connectivity index (χ0v) is 8.19. The number of guanidine groups is 1. The van der Waals surface area contributed by atoms with E-state index in [9.17, 15) is 9.36 Å². The van der Waals surface area contributed by atoms with Crippen LogP contribution < -0.4 is 5.73 Å². The number of phosphoric acid groups is 1. The summed E-state index contributed by atoms with van der Waals surface area (Å²) in [5.74, 6) is -1.55. The number of carbonyl (C=O) groups excluding carboxylic acids is 1. The number of nitrogens with two attached hydrogens (primary N) is 1. The van der Waals surface area contributed by atoms with Gasteiger partial charge in [-0.25, -0.2) is 9.36 Å². The Balaban J connectivity index is 0. The number of likely N-dealkylation sites (N-methyl/N-ethyl adjacent to an activating group) is 1. The maximum atomic E-state index is 10.7. The van der Waals surface area contributed by atoms with E-state index in [0.29, 0.717) is 0 Å². The minimum absolute atomic E-state index is 0. The molecule has 0 aromatic carbocycles. The van der Waals surface area contributed by atoms with E-state index in [2.05, 4.69) is 4.52 Å². The van der Waals surface area contributed by atoms with Crippen molar-refractivity contribution in [3.8, 4) is 0 Å². The minimum Gasteiger partial charge on any atom is -0.412 e. The smallest absolute Gasteiger partial charge is 0.412 e. The van der Waals surface area contributed by atoms with E-state index in [1.165, 1.54) is 7.05 Å². The summed E-state index contributed by atoms with van der Waals surface area (Å²) in [6, 6.07) is 0. The Kier molecular flexibility index (Phi) is 6.08. The zero-order chi connectivity index (χ0) is 10.6. The molecule has 0 aliphatic rings. The lowest BCUT2D eigenvalue weighted by Crippen LogP contribution is -2.37. The largest absolute Gasteiger partial charge is 0.527 e. The fourth-order valence-electron chi connectivity index (χ4n) is 0.440. The predicted octanol–water partition coefficient (Wildman–Crippen LogP) is -2.38. The van der Waals surface area contributed by atoms with Crippen molar-refractivity contribution in [2.75, 3.05) is 13.6 Å². The van der Waals surface area contributed by atoms with Crippen molar-refractivity contribution in [3.63, 3.8) is 0 Å². The van der Waals surface area contributed by atoms with Crippen molar-refractivity contribution in [3.05, 3.63) is 0 Å². The molecular weight excluding hydrogens is 217 g/mol. The quantitative estimate of drug-likeness (QED) is 0.238. The summed E-state index contributed by atoms with van der Waals surface area (Å²) in [5.41, 5.74) is 4.96. The number of carbonyl (C=O) groups is 1. The molecule has 0 heterocycles. The van der Waals surface area contributed by atoms with Gasteiger partial charge < -0.3 is 20.6 Å². The van der Waals surface area contributed by atoms with E-state index < -0.39 is 26.3 Å². The molecule has 0 bridgehead atoms. The normalized spacial score (nSPS) is 9.93. The van der Waals surface area contributed by atoms with E-state index >= 15 is 0 Å². The molecule has 14 heavy (non-hydrogen) atoms. The fraction of sp³-hybridized carbons (Fsp3) is 0.500. The van der Waals surface area contributed by atoms with Gasteiger partial charge in [0, 0.05) is 7.05 Å². The second-order valence-corrected chi connectivity index (χ2v) is 3.36. The van der Waals surface area contributed by atoms with Gasteiger partial charge in [0.05, 0.1) is 0 Å². The number of hydrogen-bond donors (Lipinski definition) is 4. The summed E-state index contributed by atoms with van der Waals surface area (Å²) in [6.07, 6.45) is 0. The topological polar surface area (TPSA) is 168 Å². The summed E-state index contributed by atoms with van der Waals surface area (Å²) in [4.78, 5) is 28.0.